The third-order valence-electron chi connectivity index (χ3n) is 1.38. The van der Waals surface area contributed by atoms with Gasteiger partial charge in [-0.1, -0.05) is 0 Å². The van der Waals surface area contributed by atoms with E-state index in [4.69, 9.17) is 20.4 Å². The van der Waals surface area contributed by atoms with E-state index < -0.39 is 25.1 Å². The van der Waals surface area contributed by atoms with Crippen LogP contribution in [0.3, 0.4) is 0 Å². The second kappa shape index (κ2) is 6.67. The molecule has 0 aliphatic rings. The van der Waals surface area contributed by atoms with E-state index in [1.54, 1.807) is 0 Å². The van der Waals surface area contributed by atoms with Crippen LogP contribution in [-0.2, 0) is 14.3 Å². The smallest absolute Gasteiger partial charge is 0.193 e. The van der Waals surface area contributed by atoms with Gasteiger partial charge < -0.3 is 29.9 Å². The summed E-state index contributed by atoms with van der Waals surface area (Å²) >= 11 is 0. The normalized spacial score (nSPS) is 17.5. The van der Waals surface area contributed by atoms with E-state index in [2.05, 4.69) is 4.74 Å². The summed E-state index contributed by atoms with van der Waals surface area (Å²) in [5.74, 6) is 0. The third-order valence-corrected chi connectivity index (χ3v) is 1.38. The summed E-state index contributed by atoms with van der Waals surface area (Å²) in [5, 5.41) is 24.5. The van der Waals surface area contributed by atoms with E-state index in [9.17, 15) is 4.79 Å². The van der Waals surface area contributed by atoms with Crippen molar-refractivity contribution in [3.8, 4) is 0 Å². The molecule has 0 amide bonds. The summed E-state index contributed by atoms with van der Waals surface area (Å²) < 4.78 is 9.48. The van der Waals surface area contributed by atoms with Gasteiger partial charge in [0.2, 0.25) is 0 Å². The van der Waals surface area contributed by atoms with Gasteiger partial charge >= 0.3 is 0 Å². The lowest BCUT2D eigenvalue weighted by atomic mass is 10.2. The first kappa shape index (κ1) is 12.2. The maximum Gasteiger partial charge on any atom is 0.193 e. The van der Waals surface area contributed by atoms with Gasteiger partial charge in [0.05, 0.1) is 12.8 Å². The molecular weight excluding hydrogens is 178 g/mol. The van der Waals surface area contributed by atoms with Gasteiger partial charge in [-0.05, 0) is 0 Å². The molecule has 0 aromatic rings. The monoisotopic (exact) mass is 191 g/mol. The molecule has 6 heteroatoms. The lowest BCUT2D eigenvalue weighted by molar-refractivity contribution is -0.159. The molecule has 0 rings (SSSR count). The van der Waals surface area contributed by atoms with Crippen LogP contribution in [0.1, 0.15) is 0 Å². The van der Waals surface area contributed by atoms with E-state index in [1.807, 2.05) is 0 Å². The van der Waals surface area contributed by atoms with Crippen LogP contribution in [0, 0.1) is 5.41 Å². The fourth-order valence-electron chi connectivity index (χ4n) is 0.654. The minimum absolute atomic E-state index is 0.248. The fraction of sp³-hybridized carbons (Fsp3) is 0.714. The fourth-order valence-corrected chi connectivity index (χ4v) is 0.654. The summed E-state index contributed by atoms with van der Waals surface area (Å²) in [6, 6.07) is 0. The predicted octanol–water partition coefficient (Wildman–Crippen LogP) is -1.45. The number of hydrogen-bond acceptors (Lipinski definition) is 6. The highest BCUT2D eigenvalue weighted by Crippen LogP contribution is 2.01. The average molecular weight is 191 g/mol. The number of rotatable bonds is 7. The van der Waals surface area contributed by atoms with Crippen LogP contribution < -0.4 is 0 Å². The molecular formula is C7H13NO5. The molecule has 0 fully saturated rings. The van der Waals surface area contributed by atoms with E-state index in [0.29, 0.717) is 0 Å². The van der Waals surface area contributed by atoms with Crippen LogP contribution in [0.15, 0.2) is 0 Å². The number of aliphatic hydroxyl groups is 2. The zero-order chi connectivity index (χ0) is 10.3. The van der Waals surface area contributed by atoms with Gasteiger partial charge in [0.25, 0.3) is 0 Å². The van der Waals surface area contributed by atoms with Gasteiger partial charge in [0.1, 0.15) is 12.2 Å². The Morgan fingerprint density at radius 2 is 2.23 bits per heavy atom. The molecule has 0 heterocycles. The quantitative estimate of drug-likeness (QED) is 0.259. The van der Waals surface area contributed by atoms with Crippen molar-refractivity contribution in [2.45, 2.75) is 18.5 Å². The number of aldehydes is 1. The standard InChI is InChI=1S/C7H13NO5/c1-12-7(2-8)13-6(4-10)5(11)3-9/h2-3,5-8,10-11H,4H2,1H3/t5-,6+,7+/m1/s1. The Labute approximate surface area is 75.6 Å². The van der Waals surface area contributed by atoms with E-state index in [0.717, 1.165) is 6.21 Å². The number of nitrogens with one attached hydrogen (secondary N) is 1. The lowest BCUT2D eigenvalue weighted by Gasteiger charge is -2.20. The molecule has 0 spiro atoms. The lowest BCUT2D eigenvalue weighted by Crippen LogP contribution is -2.37. The van der Waals surface area contributed by atoms with Gasteiger partial charge in [-0.15, -0.1) is 0 Å². The minimum Gasteiger partial charge on any atom is -0.394 e. The Morgan fingerprint density at radius 3 is 2.54 bits per heavy atom. The van der Waals surface area contributed by atoms with E-state index >= 15 is 0 Å². The number of ether oxygens (including phenoxy) is 2. The Hall–Kier alpha value is -0.820. The minimum atomic E-state index is -1.41. The molecule has 0 aliphatic carbocycles. The highest BCUT2D eigenvalue weighted by molar-refractivity contribution is 5.58. The zero-order valence-corrected chi connectivity index (χ0v) is 7.21. The Kier molecular flexibility index (Phi) is 6.25. The second-order valence-corrected chi connectivity index (χ2v) is 2.25. The van der Waals surface area contributed by atoms with Crippen molar-refractivity contribution in [1.29, 1.82) is 5.41 Å². The molecule has 0 aromatic carbocycles. The van der Waals surface area contributed by atoms with Crippen LogP contribution in [0.5, 0.6) is 0 Å². The number of hydrogen-bond donors (Lipinski definition) is 3. The maximum absolute atomic E-state index is 10.1. The molecule has 3 atom stereocenters. The van der Waals surface area contributed by atoms with Crippen LogP contribution in [0.25, 0.3) is 0 Å². The van der Waals surface area contributed by atoms with E-state index in [1.165, 1.54) is 7.11 Å². The molecule has 0 saturated carbocycles. The summed E-state index contributed by atoms with van der Waals surface area (Å²) in [6.07, 6.45) is -2.35. The van der Waals surface area contributed by atoms with Crippen molar-refractivity contribution in [3.63, 3.8) is 0 Å². The van der Waals surface area contributed by atoms with Crippen LogP contribution >= 0.6 is 0 Å². The van der Waals surface area contributed by atoms with Crippen molar-refractivity contribution in [2.75, 3.05) is 13.7 Å². The van der Waals surface area contributed by atoms with Crippen LogP contribution in [0.4, 0.5) is 0 Å². The first-order valence-electron chi connectivity index (χ1n) is 3.62. The van der Waals surface area contributed by atoms with Gasteiger partial charge in [0.15, 0.2) is 12.6 Å². The highest BCUT2D eigenvalue weighted by Gasteiger charge is 2.21. The highest BCUT2D eigenvalue weighted by atomic mass is 16.7. The third kappa shape index (κ3) is 4.09. The largest absolute Gasteiger partial charge is 0.394 e. The molecule has 0 aliphatic heterocycles. The van der Waals surface area contributed by atoms with Gasteiger partial charge in [-0.25, -0.2) is 0 Å². The number of methoxy groups -OCH3 is 1. The van der Waals surface area contributed by atoms with Gasteiger partial charge in [0, 0.05) is 7.11 Å². The SMILES string of the molecule is CO[C@H](C=N)O[C@@H](CO)[C@H](O)C=O. The van der Waals surface area contributed by atoms with Crippen molar-refractivity contribution in [1.82, 2.24) is 0 Å². The first-order valence-corrected chi connectivity index (χ1v) is 3.62. The van der Waals surface area contributed by atoms with Crippen molar-refractivity contribution in [2.24, 2.45) is 0 Å². The van der Waals surface area contributed by atoms with Crippen LogP contribution in [0.2, 0.25) is 0 Å². The molecule has 3 N–H and O–H groups in total. The number of carbonyl (C=O) groups excluding carboxylic acids is 1. The summed E-state index contributed by atoms with van der Waals surface area (Å²) in [6.45, 7) is -0.520. The molecule has 0 unspecified atom stereocenters. The van der Waals surface area contributed by atoms with Crippen molar-refractivity contribution < 1.29 is 24.5 Å². The van der Waals surface area contributed by atoms with Crippen LogP contribution in [-0.4, -0.2) is 54.9 Å². The molecule has 0 radical (unpaired) electrons. The average Bonchev–Trinajstić information content (AvgIpc) is 2.19. The Balaban J connectivity index is 4.09. The summed E-state index contributed by atoms with van der Waals surface area (Å²) in [5.41, 5.74) is 0. The molecule has 0 aromatic heterocycles. The Morgan fingerprint density at radius 1 is 1.62 bits per heavy atom. The Bertz CT molecular complexity index is 163. The maximum atomic E-state index is 10.1. The number of aliphatic hydroxyl groups excluding tert-OH is 2. The number of carbonyl (C=O) groups is 1. The molecule has 0 saturated heterocycles. The first-order chi connectivity index (χ1) is 6.19. The van der Waals surface area contributed by atoms with Crippen molar-refractivity contribution >= 4 is 12.5 Å². The molecule has 6 nitrogen and oxygen atoms in total. The topological polar surface area (TPSA) is 99.8 Å². The summed E-state index contributed by atoms with van der Waals surface area (Å²) in [7, 11) is 1.30. The predicted molar refractivity (Wildman–Crippen MR) is 43.6 cm³/mol. The molecule has 13 heavy (non-hydrogen) atoms. The van der Waals surface area contributed by atoms with Gasteiger partial charge in [-0.3, -0.25) is 0 Å². The van der Waals surface area contributed by atoms with E-state index in [-0.39, 0.29) is 6.29 Å². The van der Waals surface area contributed by atoms with Gasteiger partial charge in [-0.2, -0.15) is 0 Å². The molecule has 76 valence electrons. The second-order valence-electron chi connectivity index (χ2n) is 2.25. The zero-order valence-electron chi connectivity index (χ0n) is 7.21. The van der Waals surface area contributed by atoms with Crippen molar-refractivity contribution in [3.05, 3.63) is 0 Å². The molecule has 0 bridgehead atoms. The summed E-state index contributed by atoms with van der Waals surface area (Å²) in [4.78, 5) is 10.1.